The van der Waals surface area contributed by atoms with E-state index in [9.17, 15) is 10.1 Å². The van der Waals surface area contributed by atoms with E-state index in [0.717, 1.165) is 21.8 Å². The summed E-state index contributed by atoms with van der Waals surface area (Å²) in [5.41, 5.74) is 3.24. The average molecular weight is 381 g/mol. The number of benzene rings is 2. The third-order valence-corrected chi connectivity index (χ3v) is 5.12. The van der Waals surface area contributed by atoms with E-state index in [1.165, 1.54) is 0 Å². The molecule has 0 saturated carbocycles. The fourth-order valence-electron chi connectivity index (χ4n) is 2.81. The number of thiophene rings is 1. The van der Waals surface area contributed by atoms with Gasteiger partial charge in [0, 0.05) is 11.8 Å². The lowest BCUT2D eigenvalue weighted by atomic mass is 10.0. The summed E-state index contributed by atoms with van der Waals surface area (Å²) >= 11 is 1.65. The van der Waals surface area contributed by atoms with Crippen LogP contribution in [0.5, 0.6) is 0 Å². The molecule has 0 atom stereocenters. The van der Waals surface area contributed by atoms with Gasteiger partial charge in [-0.2, -0.15) is 10.4 Å². The monoisotopic (exact) mass is 381 g/mol. The number of carbonyl (C=O) groups is 1. The number of nitriles is 1. The van der Waals surface area contributed by atoms with Gasteiger partial charge < -0.3 is 0 Å². The summed E-state index contributed by atoms with van der Waals surface area (Å²) in [4.78, 5) is 13.6. The lowest BCUT2D eigenvalue weighted by Gasteiger charge is -2.03. The number of carbonyl (C=O) groups excluding carboxylic acids is 1. The molecule has 134 valence electrons. The molecule has 0 aliphatic heterocycles. The number of hydrogen-bond donors (Lipinski definition) is 0. The molecule has 4 aromatic rings. The molecule has 0 aliphatic carbocycles. The zero-order valence-electron chi connectivity index (χ0n) is 14.8. The zero-order valence-corrected chi connectivity index (χ0v) is 15.6. The molecule has 0 unspecified atom stereocenters. The van der Waals surface area contributed by atoms with Crippen molar-refractivity contribution >= 4 is 23.2 Å². The first-order valence-electron chi connectivity index (χ1n) is 8.66. The first kappa shape index (κ1) is 17.7. The average Bonchev–Trinajstić information content (AvgIpc) is 3.44. The largest absolute Gasteiger partial charge is 0.288 e. The Labute approximate surface area is 166 Å². The first-order valence-corrected chi connectivity index (χ1v) is 9.54. The maximum atomic E-state index is 12.5. The number of ketones is 1. The van der Waals surface area contributed by atoms with E-state index in [1.807, 2.05) is 70.9 Å². The van der Waals surface area contributed by atoms with Gasteiger partial charge in [0.25, 0.3) is 0 Å². The second-order valence-corrected chi connectivity index (χ2v) is 7.03. The molecule has 28 heavy (non-hydrogen) atoms. The van der Waals surface area contributed by atoms with Crippen molar-refractivity contribution in [2.24, 2.45) is 0 Å². The summed E-state index contributed by atoms with van der Waals surface area (Å²) in [6, 6.07) is 24.4. The van der Waals surface area contributed by atoms with Gasteiger partial charge in [-0.15, -0.1) is 11.3 Å². The van der Waals surface area contributed by atoms with Crippen molar-refractivity contribution in [3.8, 4) is 22.3 Å². The standard InChI is InChI=1S/C23H15N3OS/c24-16-19(23(27)18-5-2-1-3-6-18)15-17-8-10-20(11-9-17)26-13-12-21(25-26)22-7-4-14-28-22/h1-15H. The minimum absolute atomic E-state index is 0.109. The van der Waals surface area contributed by atoms with Crippen molar-refractivity contribution in [1.29, 1.82) is 5.26 Å². The van der Waals surface area contributed by atoms with Crippen molar-refractivity contribution in [2.45, 2.75) is 0 Å². The number of rotatable bonds is 5. The van der Waals surface area contributed by atoms with Crippen molar-refractivity contribution in [2.75, 3.05) is 0 Å². The van der Waals surface area contributed by atoms with Gasteiger partial charge in [0.15, 0.2) is 0 Å². The van der Waals surface area contributed by atoms with Crippen LogP contribution in [-0.2, 0) is 0 Å². The van der Waals surface area contributed by atoms with Gasteiger partial charge >= 0.3 is 0 Å². The molecule has 4 nitrogen and oxygen atoms in total. The predicted octanol–water partition coefficient (Wildman–Crippen LogP) is 5.39. The second-order valence-electron chi connectivity index (χ2n) is 6.08. The Kier molecular flexibility index (Phi) is 4.96. The van der Waals surface area contributed by atoms with Crippen LogP contribution in [0, 0.1) is 11.3 Å². The highest BCUT2D eigenvalue weighted by Crippen LogP contribution is 2.23. The molecule has 0 spiro atoms. The van der Waals surface area contributed by atoms with E-state index in [0.29, 0.717) is 5.56 Å². The molecule has 0 N–H and O–H groups in total. The predicted molar refractivity (Wildman–Crippen MR) is 111 cm³/mol. The molecule has 0 fully saturated rings. The summed E-state index contributed by atoms with van der Waals surface area (Å²) in [5, 5.41) is 16.0. The molecule has 2 aromatic carbocycles. The highest BCUT2D eigenvalue weighted by molar-refractivity contribution is 7.13. The van der Waals surface area contributed by atoms with Crippen molar-refractivity contribution in [3.05, 3.63) is 101 Å². The van der Waals surface area contributed by atoms with Crippen LogP contribution in [0.15, 0.2) is 89.9 Å². The Morgan fingerprint density at radius 1 is 1.00 bits per heavy atom. The summed E-state index contributed by atoms with van der Waals surface area (Å²) in [6.07, 6.45) is 3.53. The number of allylic oxidation sites excluding steroid dienone is 1. The van der Waals surface area contributed by atoms with Crippen LogP contribution in [0.2, 0.25) is 0 Å². The Morgan fingerprint density at radius 2 is 1.79 bits per heavy atom. The summed E-state index contributed by atoms with van der Waals surface area (Å²) < 4.78 is 1.81. The lowest BCUT2D eigenvalue weighted by molar-refractivity contribution is 0.104. The molecule has 0 bridgehead atoms. The van der Waals surface area contributed by atoms with Crippen LogP contribution < -0.4 is 0 Å². The van der Waals surface area contributed by atoms with E-state index in [4.69, 9.17) is 0 Å². The molecule has 0 radical (unpaired) electrons. The normalized spacial score (nSPS) is 11.2. The molecule has 0 saturated heterocycles. The van der Waals surface area contributed by atoms with Crippen LogP contribution in [-0.4, -0.2) is 15.6 Å². The van der Waals surface area contributed by atoms with Crippen molar-refractivity contribution in [3.63, 3.8) is 0 Å². The fraction of sp³-hybridized carbons (Fsp3) is 0. The van der Waals surface area contributed by atoms with Crippen LogP contribution in [0.3, 0.4) is 0 Å². The summed E-state index contributed by atoms with van der Waals surface area (Å²) in [7, 11) is 0. The minimum Gasteiger partial charge on any atom is -0.288 e. The molecule has 0 aliphatic rings. The van der Waals surface area contributed by atoms with Gasteiger partial charge in [-0.1, -0.05) is 48.5 Å². The minimum atomic E-state index is -0.278. The Balaban J connectivity index is 1.57. The smallest absolute Gasteiger partial charge is 0.203 e. The maximum Gasteiger partial charge on any atom is 0.203 e. The topological polar surface area (TPSA) is 58.7 Å². The Morgan fingerprint density at radius 3 is 2.46 bits per heavy atom. The maximum absolute atomic E-state index is 12.5. The van der Waals surface area contributed by atoms with Crippen molar-refractivity contribution in [1.82, 2.24) is 9.78 Å². The molecule has 2 heterocycles. The molecule has 4 rings (SSSR count). The number of Topliss-reactive ketones (excluding diaryl/α,β-unsaturated/α-hetero) is 1. The first-order chi connectivity index (χ1) is 13.7. The van der Waals surface area contributed by atoms with Crippen LogP contribution >= 0.6 is 11.3 Å². The fourth-order valence-corrected chi connectivity index (χ4v) is 3.50. The Bertz CT molecular complexity index is 1160. The molecule has 0 amide bonds. The highest BCUT2D eigenvalue weighted by Gasteiger charge is 2.11. The molecular formula is C23H15N3OS. The quantitative estimate of drug-likeness (QED) is 0.264. The lowest BCUT2D eigenvalue weighted by Crippen LogP contribution is -2.01. The second kappa shape index (κ2) is 7.87. The number of hydrogen-bond acceptors (Lipinski definition) is 4. The van der Waals surface area contributed by atoms with E-state index >= 15 is 0 Å². The van der Waals surface area contributed by atoms with E-state index < -0.39 is 0 Å². The van der Waals surface area contributed by atoms with Crippen LogP contribution in [0.4, 0.5) is 0 Å². The number of aromatic nitrogens is 2. The van der Waals surface area contributed by atoms with Gasteiger partial charge in [-0.05, 0) is 41.3 Å². The molecular weight excluding hydrogens is 366 g/mol. The number of nitrogens with zero attached hydrogens (tertiary/aromatic N) is 3. The van der Waals surface area contributed by atoms with E-state index in [1.54, 1.807) is 41.7 Å². The van der Waals surface area contributed by atoms with Crippen molar-refractivity contribution < 1.29 is 4.79 Å². The van der Waals surface area contributed by atoms with Gasteiger partial charge in [-0.3, -0.25) is 4.79 Å². The molecule has 5 heteroatoms. The SMILES string of the molecule is N#CC(=Cc1ccc(-n2ccc(-c3cccs3)n2)cc1)C(=O)c1ccccc1. The van der Waals surface area contributed by atoms with Gasteiger partial charge in [-0.25, -0.2) is 4.68 Å². The van der Waals surface area contributed by atoms with Gasteiger partial charge in [0.05, 0.1) is 10.6 Å². The Hall–Kier alpha value is -3.75. The summed E-state index contributed by atoms with van der Waals surface area (Å²) in [6.45, 7) is 0. The third-order valence-electron chi connectivity index (χ3n) is 4.23. The summed E-state index contributed by atoms with van der Waals surface area (Å²) in [5.74, 6) is -0.278. The van der Waals surface area contributed by atoms with E-state index in [2.05, 4.69) is 5.10 Å². The van der Waals surface area contributed by atoms with Crippen LogP contribution in [0.1, 0.15) is 15.9 Å². The van der Waals surface area contributed by atoms with E-state index in [-0.39, 0.29) is 11.4 Å². The molecule has 2 aromatic heterocycles. The van der Waals surface area contributed by atoms with Gasteiger partial charge in [0.1, 0.15) is 17.3 Å². The zero-order chi connectivity index (χ0) is 19.3. The van der Waals surface area contributed by atoms with Crippen LogP contribution in [0.25, 0.3) is 22.3 Å². The third kappa shape index (κ3) is 3.68. The highest BCUT2D eigenvalue weighted by atomic mass is 32.1. The van der Waals surface area contributed by atoms with Gasteiger partial charge in [0.2, 0.25) is 5.78 Å².